The Labute approximate surface area is 79.8 Å². The van der Waals surface area contributed by atoms with Gasteiger partial charge in [-0.3, -0.25) is 9.36 Å². The third-order valence-electron chi connectivity index (χ3n) is 1.88. The minimum Gasteiger partial charge on any atom is -0.298 e. The molecule has 0 unspecified atom stereocenters. The van der Waals surface area contributed by atoms with Gasteiger partial charge in [0, 0.05) is 18.1 Å². The molecule has 1 aromatic heterocycles. The molecular formula is C10H7FN2O. The van der Waals surface area contributed by atoms with Crippen molar-refractivity contribution in [2.45, 2.75) is 0 Å². The first kappa shape index (κ1) is 8.62. The number of aromatic nitrogens is 2. The lowest BCUT2D eigenvalue weighted by molar-refractivity contribution is 0.111. The quantitative estimate of drug-likeness (QED) is 0.677. The van der Waals surface area contributed by atoms with E-state index in [4.69, 9.17) is 0 Å². The molecule has 0 fully saturated rings. The first-order chi connectivity index (χ1) is 6.81. The van der Waals surface area contributed by atoms with Crippen molar-refractivity contribution in [3.8, 4) is 5.69 Å². The third kappa shape index (κ3) is 1.42. The maximum absolute atomic E-state index is 12.6. The van der Waals surface area contributed by atoms with E-state index < -0.39 is 0 Å². The smallest absolute Gasteiger partial charge is 0.185 e. The van der Waals surface area contributed by atoms with Gasteiger partial charge in [0.15, 0.2) is 12.1 Å². The summed E-state index contributed by atoms with van der Waals surface area (Å²) in [5.41, 5.74) is 0.714. The number of benzene rings is 1. The maximum atomic E-state index is 12.6. The molecule has 2 aromatic rings. The summed E-state index contributed by atoms with van der Waals surface area (Å²) in [6.07, 6.45) is 3.83. The normalized spacial score (nSPS) is 10.1. The second kappa shape index (κ2) is 3.41. The number of nitrogens with zero attached hydrogens (tertiary/aromatic N) is 2. The zero-order valence-corrected chi connectivity index (χ0v) is 7.22. The lowest BCUT2D eigenvalue weighted by atomic mass is 10.3. The topological polar surface area (TPSA) is 34.9 Å². The SMILES string of the molecule is O=Cc1nccn1-c1ccc(F)cc1. The summed E-state index contributed by atoms with van der Waals surface area (Å²) < 4.78 is 14.2. The van der Waals surface area contributed by atoms with Crippen molar-refractivity contribution in [3.63, 3.8) is 0 Å². The van der Waals surface area contributed by atoms with Gasteiger partial charge in [-0.2, -0.15) is 0 Å². The van der Waals surface area contributed by atoms with E-state index in [1.165, 1.54) is 18.3 Å². The Morgan fingerprint density at radius 2 is 2.00 bits per heavy atom. The standard InChI is InChI=1S/C10H7FN2O/c11-8-1-3-9(4-2-8)13-6-5-12-10(13)7-14/h1-7H. The van der Waals surface area contributed by atoms with E-state index in [2.05, 4.69) is 4.98 Å². The van der Waals surface area contributed by atoms with Crippen LogP contribution in [0.1, 0.15) is 10.6 Å². The Hall–Kier alpha value is -1.97. The number of hydrogen-bond donors (Lipinski definition) is 0. The lowest BCUT2D eigenvalue weighted by Gasteiger charge is -2.02. The molecule has 0 amide bonds. The van der Waals surface area contributed by atoms with Gasteiger partial charge in [0.05, 0.1) is 0 Å². The van der Waals surface area contributed by atoms with Gasteiger partial charge in [0.25, 0.3) is 0 Å². The average Bonchev–Trinajstić information content (AvgIpc) is 2.67. The number of carbonyl (C=O) groups excluding carboxylic acids is 1. The highest BCUT2D eigenvalue weighted by molar-refractivity contribution is 5.70. The van der Waals surface area contributed by atoms with Gasteiger partial charge in [0.1, 0.15) is 5.82 Å². The van der Waals surface area contributed by atoms with Gasteiger partial charge >= 0.3 is 0 Å². The van der Waals surface area contributed by atoms with E-state index in [1.54, 1.807) is 22.9 Å². The molecule has 0 spiro atoms. The molecule has 14 heavy (non-hydrogen) atoms. The molecule has 70 valence electrons. The van der Waals surface area contributed by atoms with Crippen LogP contribution in [0.4, 0.5) is 4.39 Å². The molecule has 0 N–H and O–H groups in total. The highest BCUT2D eigenvalue weighted by Crippen LogP contribution is 2.10. The summed E-state index contributed by atoms with van der Waals surface area (Å²) in [6, 6.07) is 5.85. The summed E-state index contributed by atoms with van der Waals surface area (Å²) >= 11 is 0. The molecule has 0 aliphatic carbocycles. The molecular weight excluding hydrogens is 183 g/mol. The Balaban J connectivity index is 2.49. The fourth-order valence-corrected chi connectivity index (χ4v) is 1.22. The van der Waals surface area contributed by atoms with Crippen molar-refractivity contribution in [1.29, 1.82) is 0 Å². The summed E-state index contributed by atoms with van der Waals surface area (Å²) in [4.78, 5) is 14.4. The highest BCUT2D eigenvalue weighted by Gasteiger charge is 2.02. The predicted octanol–water partition coefficient (Wildman–Crippen LogP) is 1.82. The molecule has 0 saturated heterocycles. The second-order valence-electron chi connectivity index (χ2n) is 2.75. The summed E-state index contributed by atoms with van der Waals surface area (Å²) in [7, 11) is 0. The lowest BCUT2D eigenvalue weighted by Crippen LogP contribution is -1.98. The fraction of sp³-hybridized carbons (Fsp3) is 0. The molecule has 0 aliphatic rings. The predicted molar refractivity (Wildman–Crippen MR) is 48.9 cm³/mol. The number of halogens is 1. The van der Waals surface area contributed by atoms with E-state index in [1.807, 2.05) is 0 Å². The molecule has 2 rings (SSSR count). The molecule has 0 saturated carbocycles. The van der Waals surface area contributed by atoms with E-state index >= 15 is 0 Å². The summed E-state index contributed by atoms with van der Waals surface area (Å²) in [5.74, 6) is -0.00173. The van der Waals surface area contributed by atoms with Gasteiger partial charge in [-0.1, -0.05) is 0 Å². The Morgan fingerprint density at radius 3 is 2.64 bits per heavy atom. The van der Waals surface area contributed by atoms with Crippen LogP contribution in [0, 0.1) is 5.82 Å². The van der Waals surface area contributed by atoms with Crippen LogP contribution < -0.4 is 0 Å². The largest absolute Gasteiger partial charge is 0.298 e. The van der Waals surface area contributed by atoms with E-state index in [-0.39, 0.29) is 5.82 Å². The van der Waals surface area contributed by atoms with Crippen molar-refractivity contribution in [3.05, 3.63) is 48.3 Å². The van der Waals surface area contributed by atoms with Crippen molar-refractivity contribution < 1.29 is 9.18 Å². The molecule has 4 heteroatoms. The van der Waals surface area contributed by atoms with Crippen LogP contribution in [0.3, 0.4) is 0 Å². The molecule has 3 nitrogen and oxygen atoms in total. The Bertz CT molecular complexity index is 447. The average molecular weight is 190 g/mol. The van der Waals surface area contributed by atoms with Crippen LogP contribution in [-0.4, -0.2) is 15.8 Å². The van der Waals surface area contributed by atoms with Gasteiger partial charge in [-0.15, -0.1) is 0 Å². The second-order valence-corrected chi connectivity index (χ2v) is 2.75. The Kier molecular flexibility index (Phi) is 2.10. The monoisotopic (exact) mass is 190 g/mol. The molecule has 0 bridgehead atoms. The van der Waals surface area contributed by atoms with Crippen LogP contribution in [0.25, 0.3) is 5.69 Å². The highest BCUT2D eigenvalue weighted by atomic mass is 19.1. The van der Waals surface area contributed by atoms with Crippen molar-refractivity contribution in [2.75, 3.05) is 0 Å². The number of imidazole rings is 1. The minimum absolute atomic E-state index is 0.302. The molecule has 1 aromatic carbocycles. The number of hydrogen-bond acceptors (Lipinski definition) is 2. The van der Waals surface area contributed by atoms with Crippen molar-refractivity contribution in [2.24, 2.45) is 0 Å². The number of carbonyl (C=O) groups is 1. The first-order valence-corrected chi connectivity index (χ1v) is 4.06. The van der Waals surface area contributed by atoms with Gasteiger partial charge in [0.2, 0.25) is 0 Å². The van der Waals surface area contributed by atoms with Crippen LogP contribution in [0.2, 0.25) is 0 Å². The maximum Gasteiger partial charge on any atom is 0.185 e. The van der Waals surface area contributed by atoms with Crippen molar-refractivity contribution in [1.82, 2.24) is 9.55 Å². The van der Waals surface area contributed by atoms with E-state index in [0.717, 1.165) is 0 Å². The van der Waals surface area contributed by atoms with Crippen LogP contribution in [0.15, 0.2) is 36.7 Å². The van der Waals surface area contributed by atoms with E-state index in [9.17, 15) is 9.18 Å². The van der Waals surface area contributed by atoms with Gasteiger partial charge < -0.3 is 0 Å². The molecule has 0 radical (unpaired) electrons. The van der Waals surface area contributed by atoms with Crippen LogP contribution >= 0.6 is 0 Å². The molecule has 0 atom stereocenters. The fourth-order valence-electron chi connectivity index (χ4n) is 1.22. The van der Waals surface area contributed by atoms with E-state index in [0.29, 0.717) is 17.8 Å². The summed E-state index contributed by atoms with van der Waals surface area (Å²) in [5, 5.41) is 0. The molecule has 1 heterocycles. The zero-order chi connectivity index (χ0) is 9.97. The first-order valence-electron chi connectivity index (χ1n) is 4.06. The number of aldehydes is 1. The van der Waals surface area contributed by atoms with Crippen molar-refractivity contribution >= 4 is 6.29 Å². The minimum atomic E-state index is -0.304. The Morgan fingerprint density at radius 1 is 1.29 bits per heavy atom. The zero-order valence-electron chi connectivity index (χ0n) is 7.22. The number of rotatable bonds is 2. The van der Waals surface area contributed by atoms with Gasteiger partial charge in [-0.05, 0) is 24.3 Å². The van der Waals surface area contributed by atoms with Gasteiger partial charge in [-0.25, -0.2) is 9.37 Å². The third-order valence-corrected chi connectivity index (χ3v) is 1.88. The molecule has 0 aliphatic heterocycles. The van der Waals surface area contributed by atoms with Crippen LogP contribution in [0.5, 0.6) is 0 Å². The summed E-state index contributed by atoms with van der Waals surface area (Å²) in [6.45, 7) is 0. The van der Waals surface area contributed by atoms with Crippen LogP contribution in [-0.2, 0) is 0 Å².